The third-order valence-corrected chi connectivity index (χ3v) is 5.05. The van der Waals surface area contributed by atoms with Crippen molar-refractivity contribution in [3.63, 3.8) is 0 Å². The van der Waals surface area contributed by atoms with Crippen molar-refractivity contribution in [2.24, 2.45) is 0 Å². The van der Waals surface area contributed by atoms with E-state index in [9.17, 15) is 8.42 Å². The number of hydrogen-bond donors (Lipinski definition) is 1. The van der Waals surface area contributed by atoms with Crippen molar-refractivity contribution in [3.8, 4) is 0 Å². The second kappa shape index (κ2) is 6.04. The molecule has 2 N–H and O–H groups in total. The fourth-order valence-electron chi connectivity index (χ4n) is 1.85. The van der Waals surface area contributed by atoms with Crippen molar-refractivity contribution in [3.05, 3.63) is 63.6 Å². The zero-order valence-corrected chi connectivity index (χ0v) is 12.8. The zero-order chi connectivity index (χ0) is 14.8. The quantitative estimate of drug-likeness (QED) is 0.870. The normalized spacial score (nSPS) is 11.5. The molecule has 0 aliphatic heterocycles. The molecule has 20 heavy (non-hydrogen) atoms. The predicted molar refractivity (Wildman–Crippen MR) is 83.6 cm³/mol. The van der Waals surface area contributed by atoms with Gasteiger partial charge in [0.1, 0.15) is 0 Å². The van der Waals surface area contributed by atoms with Crippen LogP contribution in [0.5, 0.6) is 0 Å². The summed E-state index contributed by atoms with van der Waals surface area (Å²) in [4.78, 5) is 0. The Morgan fingerprint density at radius 2 is 1.55 bits per heavy atom. The first kappa shape index (κ1) is 15.2. The fourth-order valence-corrected chi connectivity index (χ4v) is 4.05. The van der Waals surface area contributed by atoms with Gasteiger partial charge in [0.05, 0.1) is 11.5 Å². The Morgan fingerprint density at radius 1 is 0.900 bits per heavy atom. The molecule has 0 heterocycles. The molecular formula is C14H13Cl2NO2S. The first-order valence-electron chi connectivity index (χ1n) is 5.86. The van der Waals surface area contributed by atoms with E-state index < -0.39 is 9.84 Å². The maximum Gasteiger partial charge on any atom is 0.158 e. The van der Waals surface area contributed by atoms with E-state index in [1.807, 2.05) is 0 Å². The molecule has 0 aromatic heterocycles. The van der Waals surface area contributed by atoms with Crippen LogP contribution in [0.4, 0.5) is 5.69 Å². The Hall–Kier alpha value is -1.23. The summed E-state index contributed by atoms with van der Waals surface area (Å²) >= 11 is 12.0. The molecule has 0 saturated carbocycles. The van der Waals surface area contributed by atoms with Gasteiger partial charge in [-0.3, -0.25) is 0 Å². The van der Waals surface area contributed by atoms with Crippen LogP contribution < -0.4 is 5.73 Å². The van der Waals surface area contributed by atoms with E-state index in [-0.39, 0.29) is 11.5 Å². The van der Waals surface area contributed by atoms with E-state index in [2.05, 4.69) is 0 Å². The fraction of sp³-hybridized carbons (Fsp3) is 0.143. The van der Waals surface area contributed by atoms with Gasteiger partial charge in [0.25, 0.3) is 0 Å². The summed E-state index contributed by atoms with van der Waals surface area (Å²) in [5, 5.41) is 0.788. The highest BCUT2D eigenvalue weighted by Crippen LogP contribution is 2.26. The summed E-state index contributed by atoms with van der Waals surface area (Å²) in [7, 11) is -3.40. The number of rotatable bonds is 4. The average Bonchev–Trinajstić information content (AvgIpc) is 2.37. The van der Waals surface area contributed by atoms with E-state index in [1.54, 1.807) is 42.5 Å². The lowest BCUT2D eigenvalue weighted by atomic mass is 10.2. The van der Waals surface area contributed by atoms with Gasteiger partial charge >= 0.3 is 0 Å². The molecule has 0 spiro atoms. The molecule has 0 fully saturated rings. The van der Waals surface area contributed by atoms with Gasteiger partial charge in [0.15, 0.2) is 9.84 Å². The number of nitrogen functional groups attached to an aromatic ring is 1. The van der Waals surface area contributed by atoms with Crippen LogP contribution in [0, 0.1) is 0 Å². The number of halogens is 2. The van der Waals surface area contributed by atoms with Crippen molar-refractivity contribution in [1.82, 2.24) is 0 Å². The Bertz CT molecular complexity index is 709. The van der Waals surface area contributed by atoms with Crippen LogP contribution in [0.25, 0.3) is 0 Å². The maximum absolute atomic E-state index is 12.3. The second-order valence-corrected chi connectivity index (χ2v) is 7.31. The molecule has 0 aliphatic carbocycles. The van der Waals surface area contributed by atoms with E-state index in [0.717, 1.165) is 0 Å². The summed E-state index contributed by atoms with van der Waals surface area (Å²) in [5.74, 6) is -0.346. The van der Waals surface area contributed by atoms with Crippen LogP contribution in [0.1, 0.15) is 11.1 Å². The molecule has 6 heteroatoms. The van der Waals surface area contributed by atoms with Gasteiger partial charge < -0.3 is 5.73 Å². The highest BCUT2D eigenvalue weighted by atomic mass is 35.5. The molecule has 3 nitrogen and oxygen atoms in total. The van der Waals surface area contributed by atoms with Crippen molar-refractivity contribution >= 4 is 38.7 Å². The first-order valence-corrected chi connectivity index (χ1v) is 8.43. The number of benzene rings is 2. The van der Waals surface area contributed by atoms with Crippen LogP contribution >= 0.6 is 23.2 Å². The van der Waals surface area contributed by atoms with Crippen LogP contribution in [0.2, 0.25) is 10.0 Å². The van der Waals surface area contributed by atoms with Gasteiger partial charge in [-0.1, -0.05) is 47.5 Å². The molecule has 2 rings (SSSR count). The lowest BCUT2D eigenvalue weighted by Crippen LogP contribution is -2.10. The van der Waals surface area contributed by atoms with E-state index in [1.165, 1.54) is 0 Å². The molecule has 2 aromatic rings. The molecule has 2 aromatic carbocycles. The summed E-state index contributed by atoms with van der Waals surface area (Å²) in [6.07, 6.45) is 0. The Kier molecular flexibility index (Phi) is 4.58. The van der Waals surface area contributed by atoms with E-state index in [4.69, 9.17) is 28.9 Å². The number of nitrogens with two attached hydrogens (primary N) is 1. The lowest BCUT2D eigenvalue weighted by molar-refractivity contribution is 0.594. The first-order chi connectivity index (χ1) is 9.39. The number of anilines is 1. The van der Waals surface area contributed by atoms with E-state index >= 15 is 0 Å². The topological polar surface area (TPSA) is 60.2 Å². The zero-order valence-electron chi connectivity index (χ0n) is 10.5. The molecule has 106 valence electrons. The van der Waals surface area contributed by atoms with Gasteiger partial charge in [-0.25, -0.2) is 8.42 Å². The van der Waals surface area contributed by atoms with Gasteiger partial charge in [0.2, 0.25) is 0 Å². The van der Waals surface area contributed by atoms with Gasteiger partial charge in [0, 0.05) is 21.3 Å². The van der Waals surface area contributed by atoms with Gasteiger partial charge in [-0.05, 0) is 23.8 Å². The minimum atomic E-state index is -3.40. The van der Waals surface area contributed by atoms with Gasteiger partial charge in [-0.2, -0.15) is 0 Å². The van der Waals surface area contributed by atoms with Crippen LogP contribution in [-0.2, 0) is 21.3 Å². The highest BCUT2D eigenvalue weighted by molar-refractivity contribution is 7.89. The molecule has 0 bridgehead atoms. The number of sulfone groups is 1. The lowest BCUT2D eigenvalue weighted by Gasteiger charge is -2.10. The van der Waals surface area contributed by atoms with Crippen molar-refractivity contribution in [2.75, 3.05) is 5.73 Å². The molecule has 0 atom stereocenters. The molecule has 0 saturated heterocycles. The monoisotopic (exact) mass is 329 g/mol. The molecule has 0 radical (unpaired) electrons. The largest absolute Gasteiger partial charge is 0.398 e. The number of hydrogen-bond acceptors (Lipinski definition) is 3. The van der Waals surface area contributed by atoms with Crippen LogP contribution in [-0.4, -0.2) is 8.42 Å². The Morgan fingerprint density at radius 3 is 2.20 bits per heavy atom. The molecule has 0 amide bonds. The maximum atomic E-state index is 12.3. The minimum absolute atomic E-state index is 0.142. The molecule has 0 unspecified atom stereocenters. The highest BCUT2D eigenvalue weighted by Gasteiger charge is 2.18. The third kappa shape index (κ3) is 3.66. The summed E-state index contributed by atoms with van der Waals surface area (Å²) in [5.41, 5.74) is 7.15. The van der Waals surface area contributed by atoms with Crippen LogP contribution in [0.3, 0.4) is 0 Å². The summed E-state index contributed by atoms with van der Waals surface area (Å²) < 4.78 is 24.5. The summed E-state index contributed by atoms with van der Waals surface area (Å²) in [6.45, 7) is 0. The average molecular weight is 330 g/mol. The SMILES string of the molecule is Nc1cccc(Cl)c1CS(=O)(=O)Cc1ccccc1Cl. The minimum Gasteiger partial charge on any atom is -0.398 e. The third-order valence-electron chi connectivity index (χ3n) is 2.85. The van der Waals surface area contributed by atoms with Gasteiger partial charge in [-0.15, -0.1) is 0 Å². The van der Waals surface area contributed by atoms with Crippen molar-refractivity contribution < 1.29 is 8.42 Å². The summed E-state index contributed by atoms with van der Waals surface area (Å²) in [6, 6.07) is 11.8. The van der Waals surface area contributed by atoms with Crippen molar-refractivity contribution in [2.45, 2.75) is 11.5 Å². The predicted octanol–water partition coefficient (Wildman–Crippen LogP) is 3.69. The second-order valence-electron chi connectivity index (χ2n) is 4.43. The molecule has 0 aliphatic rings. The Balaban J connectivity index is 2.27. The molecular weight excluding hydrogens is 317 g/mol. The van der Waals surface area contributed by atoms with Crippen molar-refractivity contribution in [1.29, 1.82) is 0 Å². The van der Waals surface area contributed by atoms with E-state index in [0.29, 0.717) is 26.9 Å². The standard InChI is InChI=1S/C14H13Cl2NO2S/c15-12-5-2-1-4-10(12)8-20(18,19)9-11-13(16)6-3-7-14(11)17/h1-7H,8-9,17H2. The smallest absolute Gasteiger partial charge is 0.158 e. The Labute approximate surface area is 128 Å². The van der Waals surface area contributed by atoms with Crippen LogP contribution in [0.15, 0.2) is 42.5 Å².